The zero-order valence-corrected chi connectivity index (χ0v) is 50.0. The monoisotopic (exact) mass is 1260 g/mol. The van der Waals surface area contributed by atoms with E-state index in [1.54, 1.807) is 0 Å². The van der Waals surface area contributed by atoms with Crippen molar-refractivity contribution in [2.45, 2.75) is 79.1 Å². The van der Waals surface area contributed by atoms with Gasteiger partial charge in [-0.1, -0.05) is 188 Å². The van der Waals surface area contributed by atoms with Crippen LogP contribution in [0.5, 0.6) is 11.5 Å². The SMILES string of the molecule is CC(C)c1cc(-c2ccccc2)cc(C(C)C)c1-n1c(-c2[c-]c(Oc3[c-]c(-c4nc5ccccc5n4-c4c(C(C)C)cc(-c5ccccc5)cc4C(C)C)c4oc5cc6cc7ccccc7cc6nc5c4c3)ccc2)nc2ccccc21.[Pt+2]. The average Bonchev–Trinajstić information content (AvgIpc) is 2.62. The van der Waals surface area contributed by atoms with Gasteiger partial charge in [-0.15, -0.1) is 23.8 Å². The van der Waals surface area contributed by atoms with Crippen LogP contribution in [0, 0.1) is 12.1 Å². The number of nitrogens with zero attached hydrogens (tertiary/aromatic N) is 5. The van der Waals surface area contributed by atoms with Crippen molar-refractivity contribution in [1.82, 2.24) is 24.1 Å². The van der Waals surface area contributed by atoms with E-state index in [2.05, 4.69) is 259 Å². The van der Waals surface area contributed by atoms with E-state index in [-0.39, 0.29) is 44.7 Å². The van der Waals surface area contributed by atoms with Gasteiger partial charge in [0, 0.05) is 28.3 Å². The minimum Gasteiger partial charge on any atom is -0.499 e. The van der Waals surface area contributed by atoms with Crippen LogP contribution in [-0.2, 0) is 21.1 Å². The quantitative estimate of drug-likeness (QED) is 0.0900. The number of hydrogen-bond acceptors (Lipinski definition) is 5. The molecule has 0 amide bonds. The number of pyridine rings is 1. The molecular weight excluding hydrogens is 1200 g/mol. The maximum atomic E-state index is 7.14. The average molecular weight is 1260 g/mol. The van der Waals surface area contributed by atoms with Crippen LogP contribution >= 0.6 is 0 Å². The molecule has 0 fully saturated rings. The minimum atomic E-state index is 0. The Kier molecular flexibility index (Phi) is 13.8. The molecule has 4 heterocycles. The van der Waals surface area contributed by atoms with E-state index in [1.165, 1.54) is 44.5 Å². The summed E-state index contributed by atoms with van der Waals surface area (Å²) in [6.07, 6.45) is 0. The van der Waals surface area contributed by atoms with Crippen LogP contribution in [0.1, 0.15) is 101 Å². The fraction of sp³-hybridized carbons (Fsp3) is 0.160. The van der Waals surface area contributed by atoms with Crippen molar-refractivity contribution < 1.29 is 30.2 Å². The number of hydrogen-bond donors (Lipinski definition) is 0. The normalized spacial score (nSPS) is 12.0. The molecular formula is C75H61N5O2Pt. The number of imidazole rings is 2. The van der Waals surface area contributed by atoms with Crippen LogP contribution in [0.4, 0.5) is 0 Å². The zero-order chi connectivity index (χ0) is 55.9. The van der Waals surface area contributed by atoms with Crippen molar-refractivity contribution in [1.29, 1.82) is 0 Å². The van der Waals surface area contributed by atoms with E-state index in [4.69, 9.17) is 24.1 Å². The first-order chi connectivity index (χ1) is 39.9. The molecule has 7 nitrogen and oxygen atoms in total. The van der Waals surface area contributed by atoms with Crippen molar-refractivity contribution in [2.75, 3.05) is 0 Å². The zero-order valence-electron chi connectivity index (χ0n) is 47.7. The number of furan rings is 1. The first-order valence-electron chi connectivity index (χ1n) is 28.7. The van der Waals surface area contributed by atoms with Crippen molar-refractivity contribution in [3.8, 4) is 67.9 Å². The van der Waals surface area contributed by atoms with Gasteiger partial charge in [-0.3, -0.25) is 9.97 Å². The Hall–Kier alpha value is -8.90. The maximum Gasteiger partial charge on any atom is 2.00 e. The van der Waals surface area contributed by atoms with E-state index < -0.39 is 0 Å². The topological polar surface area (TPSA) is 70.9 Å². The third-order valence-electron chi connectivity index (χ3n) is 16.2. The molecule has 83 heavy (non-hydrogen) atoms. The van der Waals surface area contributed by atoms with Gasteiger partial charge < -0.3 is 18.3 Å². The van der Waals surface area contributed by atoms with E-state index in [1.807, 2.05) is 18.2 Å². The number of ether oxygens (including phenoxy) is 1. The van der Waals surface area contributed by atoms with Gasteiger partial charge in [0.05, 0.1) is 50.3 Å². The minimum absolute atomic E-state index is 0. The van der Waals surface area contributed by atoms with Gasteiger partial charge in [-0.2, -0.15) is 0 Å². The summed E-state index contributed by atoms with van der Waals surface area (Å²) in [4.78, 5) is 16.4. The maximum absolute atomic E-state index is 7.14. The van der Waals surface area contributed by atoms with Gasteiger partial charge in [0.15, 0.2) is 0 Å². The molecule has 0 unspecified atom stereocenters. The molecule has 14 aromatic rings. The second-order valence-corrected chi connectivity index (χ2v) is 23.0. The Balaban J connectivity index is 0.00000645. The van der Waals surface area contributed by atoms with Crippen LogP contribution < -0.4 is 4.74 Å². The molecule has 0 spiro atoms. The molecule has 0 saturated heterocycles. The standard InChI is InChI=1S/C75H61N5O2.Pt/c1-44(2)58-36-53(48-22-11-9-12-23-48)37-59(45(3)4)71(58)79-67-32-19-17-30-64(67)77-74(79)52-28-21-29-56(35-52)81-57-42-62-70-69(41-55-34-50-26-15-16-27-51(50)40-66(55)76-70)82-73(62)63(43-57)75-78-65-31-18-20-33-68(65)80(75)72-60(46(5)6)38-54(39-61(72)47(7)8)49-24-13-10-14-25-49;/h9-34,36-42,44-47H,1-8H3;/q-2;+2. The fourth-order valence-electron chi connectivity index (χ4n) is 12.1. The van der Waals surface area contributed by atoms with Crippen LogP contribution in [0.25, 0.3) is 122 Å². The summed E-state index contributed by atoms with van der Waals surface area (Å²) >= 11 is 0. The third-order valence-corrected chi connectivity index (χ3v) is 16.2. The van der Waals surface area contributed by atoms with Gasteiger partial charge in [-0.05, 0) is 151 Å². The van der Waals surface area contributed by atoms with Crippen molar-refractivity contribution in [2.24, 2.45) is 0 Å². The van der Waals surface area contributed by atoms with Gasteiger partial charge in [-0.25, -0.2) is 4.98 Å². The van der Waals surface area contributed by atoms with E-state index in [0.29, 0.717) is 34.1 Å². The molecule has 0 aliphatic heterocycles. The first kappa shape index (κ1) is 53.4. The summed E-state index contributed by atoms with van der Waals surface area (Å²) < 4.78 is 18.9. The number of benzene rings is 10. The van der Waals surface area contributed by atoms with E-state index >= 15 is 0 Å². The predicted molar refractivity (Wildman–Crippen MR) is 338 cm³/mol. The molecule has 10 aromatic carbocycles. The van der Waals surface area contributed by atoms with Gasteiger partial charge >= 0.3 is 21.1 Å². The summed E-state index contributed by atoms with van der Waals surface area (Å²) in [5, 5.41) is 4.04. The molecule has 0 bridgehead atoms. The second kappa shape index (κ2) is 21.4. The predicted octanol–water partition coefficient (Wildman–Crippen LogP) is 20.5. The second-order valence-electron chi connectivity index (χ2n) is 23.0. The van der Waals surface area contributed by atoms with E-state index in [0.717, 1.165) is 77.4 Å². The number of para-hydroxylation sites is 4. The molecule has 0 N–H and O–H groups in total. The Morgan fingerprint density at radius 3 is 1.46 bits per heavy atom. The summed E-state index contributed by atoms with van der Waals surface area (Å²) in [7, 11) is 0. The van der Waals surface area contributed by atoms with Crippen LogP contribution in [-0.4, -0.2) is 24.1 Å². The summed E-state index contributed by atoms with van der Waals surface area (Å²) in [5.74, 6) is 3.21. The molecule has 14 rings (SSSR count). The Bertz CT molecular complexity index is 4740. The summed E-state index contributed by atoms with van der Waals surface area (Å²) in [5.41, 5.74) is 20.0. The Morgan fingerprint density at radius 2 is 0.904 bits per heavy atom. The number of fused-ring (bicyclic) bond motifs is 7. The van der Waals surface area contributed by atoms with Gasteiger partial charge in [0.1, 0.15) is 5.58 Å². The molecule has 408 valence electrons. The van der Waals surface area contributed by atoms with Crippen molar-refractivity contribution in [3.05, 3.63) is 235 Å². The molecule has 0 saturated carbocycles. The molecule has 0 atom stereocenters. The Labute approximate surface area is 498 Å². The molecule has 0 aliphatic rings. The van der Waals surface area contributed by atoms with E-state index in [9.17, 15) is 0 Å². The number of rotatable bonds is 12. The molecule has 4 aromatic heterocycles. The first-order valence-corrected chi connectivity index (χ1v) is 28.7. The van der Waals surface area contributed by atoms with Crippen LogP contribution in [0.2, 0.25) is 0 Å². The number of aromatic nitrogens is 5. The fourth-order valence-corrected chi connectivity index (χ4v) is 12.1. The van der Waals surface area contributed by atoms with Crippen molar-refractivity contribution in [3.63, 3.8) is 0 Å². The van der Waals surface area contributed by atoms with Crippen LogP contribution in [0.3, 0.4) is 0 Å². The summed E-state index contributed by atoms with van der Waals surface area (Å²) in [6, 6.07) is 78.1. The molecule has 0 aliphatic carbocycles. The summed E-state index contributed by atoms with van der Waals surface area (Å²) in [6.45, 7) is 18.3. The third kappa shape index (κ3) is 9.42. The van der Waals surface area contributed by atoms with Gasteiger partial charge in [0.25, 0.3) is 0 Å². The molecule has 0 radical (unpaired) electrons. The van der Waals surface area contributed by atoms with Crippen molar-refractivity contribution >= 4 is 65.8 Å². The smallest absolute Gasteiger partial charge is 0.499 e. The van der Waals surface area contributed by atoms with Gasteiger partial charge in [0.2, 0.25) is 0 Å². The molecule has 8 heteroatoms. The largest absolute Gasteiger partial charge is 2.00 e. The van der Waals surface area contributed by atoms with Crippen LogP contribution in [0.15, 0.2) is 205 Å². The Morgan fingerprint density at radius 1 is 0.410 bits per heavy atom.